The zero-order chi connectivity index (χ0) is 13.1. The van der Waals surface area contributed by atoms with Gasteiger partial charge in [-0.3, -0.25) is 4.98 Å². The quantitative estimate of drug-likeness (QED) is 0.774. The number of fused-ring (bicyclic) bond motifs is 1. The van der Waals surface area contributed by atoms with Crippen molar-refractivity contribution in [3.8, 4) is 11.5 Å². The number of hydrogen-bond acceptors (Lipinski definition) is 3. The van der Waals surface area contributed by atoms with Crippen LogP contribution < -0.4 is 10.5 Å². The summed E-state index contributed by atoms with van der Waals surface area (Å²) >= 11 is 0. The van der Waals surface area contributed by atoms with Crippen LogP contribution in [0.5, 0.6) is 11.5 Å². The summed E-state index contributed by atoms with van der Waals surface area (Å²) < 4.78 is 5.97. The summed E-state index contributed by atoms with van der Waals surface area (Å²) in [6.07, 6.45) is 3.42. The molecule has 0 aliphatic rings. The van der Waals surface area contributed by atoms with Crippen LogP contribution in [0.25, 0.3) is 10.8 Å². The molecule has 0 aliphatic heterocycles. The Bertz CT molecular complexity index is 704. The zero-order valence-electron chi connectivity index (χ0n) is 10.4. The van der Waals surface area contributed by atoms with Crippen molar-refractivity contribution in [2.45, 2.75) is 6.54 Å². The lowest BCUT2D eigenvalue weighted by atomic mass is 10.1. The molecule has 0 unspecified atom stereocenters. The second-order valence-electron chi connectivity index (χ2n) is 4.27. The van der Waals surface area contributed by atoms with E-state index in [2.05, 4.69) is 17.1 Å². The van der Waals surface area contributed by atoms with E-state index >= 15 is 0 Å². The van der Waals surface area contributed by atoms with Gasteiger partial charge < -0.3 is 10.5 Å². The monoisotopic (exact) mass is 250 g/mol. The number of hydrogen-bond donors (Lipinski definition) is 1. The van der Waals surface area contributed by atoms with Gasteiger partial charge in [-0.25, -0.2) is 0 Å². The molecule has 0 bridgehead atoms. The molecule has 3 heteroatoms. The highest BCUT2D eigenvalue weighted by Gasteiger charge is 2.06. The lowest BCUT2D eigenvalue weighted by Gasteiger charge is -2.11. The van der Waals surface area contributed by atoms with Crippen LogP contribution in [0.15, 0.2) is 60.9 Å². The molecule has 1 aromatic heterocycles. The largest absolute Gasteiger partial charge is 0.455 e. The van der Waals surface area contributed by atoms with Crippen molar-refractivity contribution in [3.63, 3.8) is 0 Å². The molecule has 19 heavy (non-hydrogen) atoms. The molecule has 0 amide bonds. The van der Waals surface area contributed by atoms with Gasteiger partial charge in [-0.2, -0.15) is 0 Å². The predicted molar refractivity (Wildman–Crippen MR) is 76.2 cm³/mol. The average Bonchev–Trinajstić information content (AvgIpc) is 2.48. The Hall–Kier alpha value is -2.39. The van der Waals surface area contributed by atoms with E-state index in [0.29, 0.717) is 12.3 Å². The van der Waals surface area contributed by atoms with Gasteiger partial charge in [-0.15, -0.1) is 0 Å². The third-order valence-electron chi connectivity index (χ3n) is 3.06. The smallest absolute Gasteiger partial charge is 0.150 e. The number of nitrogens with two attached hydrogens (primary N) is 1. The van der Waals surface area contributed by atoms with E-state index in [-0.39, 0.29) is 0 Å². The maximum absolute atomic E-state index is 5.97. The SMILES string of the molecule is NCc1ccncc1Oc1cccc2ccccc12. The van der Waals surface area contributed by atoms with Gasteiger partial charge in [0.1, 0.15) is 11.5 Å². The topological polar surface area (TPSA) is 48.1 Å². The number of ether oxygens (including phenoxy) is 1. The van der Waals surface area contributed by atoms with Crippen LogP contribution in [-0.2, 0) is 6.54 Å². The first kappa shape index (κ1) is 11.7. The maximum Gasteiger partial charge on any atom is 0.150 e. The van der Waals surface area contributed by atoms with Gasteiger partial charge in [0.15, 0.2) is 0 Å². The number of pyridine rings is 1. The van der Waals surface area contributed by atoms with E-state index in [9.17, 15) is 0 Å². The molecule has 0 spiro atoms. The van der Waals surface area contributed by atoms with Gasteiger partial charge >= 0.3 is 0 Å². The van der Waals surface area contributed by atoms with E-state index in [1.54, 1.807) is 12.4 Å². The van der Waals surface area contributed by atoms with Crippen molar-refractivity contribution < 1.29 is 4.74 Å². The van der Waals surface area contributed by atoms with Gasteiger partial charge in [0.05, 0.1) is 6.20 Å². The van der Waals surface area contributed by atoms with E-state index in [0.717, 1.165) is 22.1 Å². The molecular weight excluding hydrogens is 236 g/mol. The maximum atomic E-state index is 5.97. The fourth-order valence-electron chi connectivity index (χ4n) is 2.07. The molecule has 3 rings (SSSR count). The molecular formula is C16H14N2O. The van der Waals surface area contributed by atoms with Crippen molar-refractivity contribution in [2.75, 3.05) is 0 Å². The first-order chi connectivity index (χ1) is 9.38. The Morgan fingerprint density at radius 2 is 1.79 bits per heavy atom. The Morgan fingerprint density at radius 3 is 2.68 bits per heavy atom. The van der Waals surface area contributed by atoms with E-state index in [1.165, 1.54) is 0 Å². The molecule has 0 aliphatic carbocycles. The van der Waals surface area contributed by atoms with Crippen molar-refractivity contribution in [1.82, 2.24) is 4.98 Å². The Balaban J connectivity index is 2.06. The summed E-state index contributed by atoms with van der Waals surface area (Å²) in [5, 5.41) is 2.23. The molecule has 0 fully saturated rings. The van der Waals surface area contributed by atoms with Crippen LogP contribution in [-0.4, -0.2) is 4.98 Å². The molecule has 0 saturated carbocycles. The second kappa shape index (κ2) is 5.08. The third kappa shape index (κ3) is 2.28. The van der Waals surface area contributed by atoms with Gasteiger partial charge in [0, 0.05) is 23.7 Å². The highest BCUT2D eigenvalue weighted by molar-refractivity contribution is 5.88. The fraction of sp³-hybridized carbons (Fsp3) is 0.0625. The lowest BCUT2D eigenvalue weighted by Crippen LogP contribution is -1.99. The first-order valence-corrected chi connectivity index (χ1v) is 6.17. The molecule has 2 aromatic carbocycles. The molecule has 0 saturated heterocycles. The summed E-state index contributed by atoms with van der Waals surface area (Å²) in [6, 6.07) is 16.0. The van der Waals surface area contributed by atoms with Crippen LogP contribution in [0.1, 0.15) is 5.56 Å². The van der Waals surface area contributed by atoms with Crippen LogP contribution in [0.4, 0.5) is 0 Å². The standard InChI is InChI=1S/C16H14N2O/c17-10-13-8-9-18-11-16(13)19-15-7-3-5-12-4-1-2-6-14(12)15/h1-9,11H,10,17H2. The van der Waals surface area contributed by atoms with Crippen LogP contribution in [0, 0.1) is 0 Å². The van der Waals surface area contributed by atoms with Crippen LogP contribution in [0.3, 0.4) is 0 Å². The van der Waals surface area contributed by atoms with Crippen molar-refractivity contribution in [3.05, 3.63) is 66.5 Å². The second-order valence-corrected chi connectivity index (χ2v) is 4.27. The summed E-state index contributed by atoms with van der Waals surface area (Å²) in [7, 11) is 0. The van der Waals surface area contributed by atoms with Crippen molar-refractivity contribution in [2.24, 2.45) is 5.73 Å². The van der Waals surface area contributed by atoms with E-state index in [4.69, 9.17) is 10.5 Å². The molecule has 3 aromatic rings. The average molecular weight is 250 g/mol. The minimum atomic E-state index is 0.433. The number of nitrogens with zero attached hydrogens (tertiary/aromatic N) is 1. The van der Waals surface area contributed by atoms with E-state index < -0.39 is 0 Å². The highest BCUT2D eigenvalue weighted by Crippen LogP contribution is 2.30. The zero-order valence-corrected chi connectivity index (χ0v) is 10.4. The molecule has 0 atom stereocenters. The highest BCUT2D eigenvalue weighted by atomic mass is 16.5. The van der Waals surface area contributed by atoms with Gasteiger partial charge in [0.2, 0.25) is 0 Å². The van der Waals surface area contributed by atoms with Crippen LogP contribution in [0.2, 0.25) is 0 Å². The Kier molecular flexibility index (Phi) is 3.12. The normalized spacial score (nSPS) is 10.6. The molecule has 0 radical (unpaired) electrons. The first-order valence-electron chi connectivity index (χ1n) is 6.17. The van der Waals surface area contributed by atoms with E-state index in [1.807, 2.05) is 36.4 Å². The summed E-state index contributed by atoms with van der Waals surface area (Å²) in [4.78, 5) is 4.09. The fourth-order valence-corrected chi connectivity index (χ4v) is 2.07. The number of rotatable bonds is 3. The van der Waals surface area contributed by atoms with Crippen molar-refractivity contribution >= 4 is 10.8 Å². The summed E-state index contributed by atoms with van der Waals surface area (Å²) in [5.74, 6) is 1.53. The Morgan fingerprint density at radius 1 is 0.947 bits per heavy atom. The predicted octanol–water partition coefficient (Wildman–Crippen LogP) is 3.49. The summed E-state index contributed by atoms with van der Waals surface area (Å²) in [5.41, 5.74) is 6.66. The number of benzene rings is 2. The van der Waals surface area contributed by atoms with Crippen LogP contribution >= 0.6 is 0 Å². The molecule has 3 nitrogen and oxygen atoms in total. The Labute approximate surface area is 111 Å². The lowest BCUT2D eigenvalue weighted by molar-refractivity contribution is 0.479. The number of aromatic nitrogens is 1. The van der Waals surface area contributed by atoms with Gasteiger partial charge in [0.25, 0.3) is 0 Å². The third-order valence-corrected chi connectivity index (χ3v) is 3.06. The van der Waals surface area contributed by atoms with Gasteiger partial charge in [-0.05, 0) is 17.5 Å². The van der Waals surface area contributed by atoms with Crippen molar-refractivity contribution in [1.29, 1.82) is 0 Å². The minimum Gasteiger partial charge on any atom is -0.455 e. The summed E-state index contributed by atoms with van der Waals surface area (Å²) in [6.45, 7) is 0.433. The molecule has 1 heterocycles. The minimum absolute atomic E-state index is 0.433. The molecule has 2 N–H and O–H groups in total. The van der Waals surface area contributed by atoms with Gasteiger partial charge in [-0.1, -0.05) is 36.4 Å². The molecule has 94 valence electrons.